The molecule has 0 atom stereocenters. The van der Waals surface area contributed by atoms with Gasteiger partial charge in [-0.25, -0.2) is 4.79 Å². The van der Waals surface area contributed by atoms with Crippen LogP contribution in [-0.2, 0) is 14.3 Å². The van der Waals surface area contributed by atoms with Crippen molar-refractivity contribution in [1.82, 2.24) is 0 Å². The van der Waals surface area contributed by atoms with Gasteiger partial charge in [0.15, 0.2) is 0 Å². The van der Waals surface area contributed by atoms with Crippen LogP contribution < -0.4 is 5.32 Å². The maximum Gasteiger partial charge on any atom is 0.330 e. The first-order valence-corrected chi connectivity index (χ1v) is 8.42. The van der Waals surface area contributed by atoms with E-state index in [1.165, 1.54) is 13.0 Å². The summed E-state index contributed by atoms with van der Waals surface area (Å²) in [5, 5.41) is 2.87. The molecule has 130 valence electrons. The van der Waals surface area contributed by atoms with Crippen LogP contribution >= 0.6 is 0 Å². The molecule has 0 heterocycles. The van der Waals surface area contributed by atoms with E-state index >= 15 is 0 Å². The quantitative estimate of drug-likeness (QED) is 0.454. The SMILES string of the molecule is CCCCOC(=O)/C=C/c1cccc(-c2ccccc2)c1NC(C)=O. The van der Waals surface area contributed by atoms with Gasteiger partial charge < -0.3 is 10.1 Å². The Morgan fingerprint density at radius 2 is 1.84 bits per heavy atom. The van der Waals surface area contributed by atoms with Crippen LogP contribution in [0.2, 0.25) is 0 Å². The summed E-state index contributed by atoms with van der Waals surface area (Å²) < 4.78 is 5.13. The molecule has 2 aromatic carbocycles. The number of ether oxygens (including phenoxy) is 1. The molecule has 4 nitrogen and oxygen atoms in total. The average molecular weight is 337 g/mol. The van der Waals surface area contributed by atoms with Gasteiger partial charge >= 0.3 is 5.97 Å². The summed E-state index contributed by atoms with van der Waals surface area (Å²) in [6.07, 6.45) is 4.89. The molecule has 1 N–H and O–H groups in total. The van der Waals surface area contributed by atoms with Gasteiger partial charge in [0, 0.05) is 18.6 Å². The van der Waals surface area contributed by atoms with Crippen molar-refractivity contribution >= 4 is 23.6 Å². The first kappa shape index (κ1) is 18.5. The van der Waals surface area contributed by atoms with Gasteiger partial charge in [-0.2, -0.15) is 0 Å². The maximum absolute atomic E-state index is 11.8. The third-order valence-corrected chi connectivity index (χ3v) is 3.62. The van der Waals surface area contributed by atoms with Crippen LogP contribution in [-0.4, -0.2) is 18.5 Å². The number of anilines is 1. The predicted octanol–water partition coefficient (Wildman–Crippen LogP) is 4.67. The van der Waals surface area contributed by atoms with E-state index in [0.717, 1.165) is 29.5 Å². The number of amides is 1. The second-order valence-corrected chi connectivity index (χ2v) is 5.67. The highest BCUT2D eigenvalue weighted by atomic mass is 16.5. The molecule has 0 aliphatic heterocycles. The minimum Gasteiger partial charge on any atom is -0.463 e. The average Bonchev–Trinajstić information content (AvgIpc) is 2.61. The Kier molecular flexibility index (Phi) is 6.96. The van der Waals surface area contributed by atoms with E-state index in [9.17, 15) is 9.59 Å². The number of carbonyl (C=O) groups excluding carboxylic acids is 2. The van der Waals surface area contributed by atoms with E-state index in [1.54, 1.807) is 6.08 Å². The monoisotopic (exact) mass is 337 g/mol. The van der Waals surface area contributed by atoms with Gasteiger partial charge in [-0.05, 0) is 23.6 Å². The largest absolute Gasteiger partial charge is 0.463 e. The Bertz CT molecular complexity index is 751. The number of esters is 1. The van der Waals surface area contributed by atoms with Gasteiger partial charge in [-0.15, -0.1) is 0 Å². The number of unbranched alkanes of at least 4 members (excludes halogenated alkanes) is 1. The lowest BCUT2D eigenvalue weighted by atomic mass is 9.99. The Morgan fingerprint density at radius 1 is 1.08 bits per heavy atom. The fraction of sp³-hybridized carbons (Fsp3) is 0.238. The molecule has 0 aliphatic rings. The Hall–Kier alpha value is -2.88. The van der Waals surface area contributed by atoms with Crippen LogP contribution in [0, 0.1) is 0 Å². The molecule has 1 amide bonds. The summed E-state index contributed by atoms with van der Waals surface area (Å²) in [5.41, 5.74) is 3.33. The number of rotatable bonds is 7. The molecule has 4 heteroatoms. The van der Waals surface area contributed by atoms with E-state index in [0.29, 0.717) is 12.3 Å². The van der Waals surface area contributed by atoms with Crippen LogP contribution in [0.25, 0.3) is 17.2 Å². The van der Waals surface area contributed by atoms with Crippen LogP contribution in [0.1, 0.15) is 32.3 Å². The summed E-state index contributed by atoms with van der Waals surface area (Å²) >= 11 is 0. The minimum absolute atomic E-state index is 0.163. The highest BCUT2D eigenvalue weighted by molar-refractivity contribution is 5.98. The molecular weight excluding hydrogens is 314 g/mol. The highest BCUT2D eigenvalue weighted by Crippen LogP contribution is 2.31. The molecule has 0 saturated carbocycles. The fourth-order valence-corrected chi connectivity index (χ4v) is 2.41. The van der Waals surface area contributed by atoms with E-state index in [-0.39, 0.29) is 11.9 Å². The fourth-order valence-electron chi connectivity index (χ4n) is 2.41. The molecule has 0 fully saturated rings. The van der Waals surface area contributed by atoms with Crippen molar-refractivity contribution in [1.29, 1.82) is 0 Å². The summed E-state index contributed by atoms with van der Waals surface area (Å²) in [6.45, 7) is 3.93. The van der Waals surface area contributed by atoms with Crippen molar-refractivity contribution in [2.24, 2.45) is 0 Å². The number of para-hydroxylation sites is 1. The van der Waals surface area contributed by atoms with Gasteiger partial charge in [0.05, 0.1) is 12.3 Å². The predicted molar refractivity (Wildman–Crippen MR) is 101 cm³/mol. The number of carbonyl (C=O) groups is 2. The van der Waals surface area contributed by atoms with Gasteiger partial charge in [-0.1, -0.05) is 61.9 Å². The van der Waals surface area contributed by atoms with Gasteiger partial charge in [-0.3, -0.25) is 4.79 Å². The Morgan fingerprint density at radius 3 is 2.52 bits per heavy atom. The van der Waals surface area contributed by atoms with Crippen molar-refractivity contribution in [2.75, 3.05) is 11.9 Å². The lowest BCUT2D eigenvalue weighted by Crippen LogP contribution is -2.08. The summed E-state index contributed by atoms with van der Waals surface area (Å²) in [7, 11) is 0. The van der Waals surface area contributed by atoms with Crippen molar-refractivity contribution in [3.05, 3.63) is 60.2 Å². The van der Waals surface area contributed by atoms with Crippen molar-refractivity contribution < 1.29 is 14.3 Å². The number of hydrogen-bond acceptors (Lipinski definition) is 3. The molecule has 2 rings (SSSR count). The summed E-state index contributed by atoms with van der Waals surface area (Å²) in [5.74, 6) is -0.545. The van der Waals surface area contributed by atoms with Crippen LogP contribution in [0.15, 0.2) is 54.6 Å². The number of hydrogen-bond donors (Lipinski definition) is 1. The topological polar surface area (TPSA) is 55.4 Å². The number of nitrogens with one attached hydrogen (secondary N) is 1. The van der Waals surface area contributed by atoms with E-state index in [1.807, 2.05) is 55.5 Å². The van der Waals surface area contributed by atoms with Crippen molar-refractivity contribution in [3.63, 3.8) is 0 Å². The second-order valence-electron chi connectivity index (χ2n) is 5.67. The molecule has 0 aliphatic carbocycles. The minimum atomic E-state index is -0.382. The zero-order valence-electron chi connectivity index (χ0n) is 14.6. The normalized spacial score (nSPS) is 10.6. The van der Waals surface area contributed by atoms with Gasteiger partial charge in [0.25, 0.3) is 0 Å². The van der Waals surface area contributed by atoms with E-state index in [4.69, 9.17) is 4.74 Å². The van der Waals surface area contributed by atoms with Crippen LogP contribution in [0.4, 0.5) is 5.69 Å². The molecular formula is C21H23NO3. The van der Waals surface area contributed by atoms with E-state index in [2.05, 4.69) is 5.32 Å². The highest BCUT2D eigenvalue weighted by Gasteiger charge is 2.10. The Balaban J connectivity index is 2.31. The van der Waals surface area contributed by atoms with Crippen LogP contribution in [0.5, 0.6) is 0 Å². The van der Waals surface area contributed by atoms with E-state index < -0.39 is 0 Å². The first-order chi connectivity index (χ1) is 12.1. The maximum atomic E-state index is 11.8. The molecule has 0 aromatic heterocycles. The van der Waals surface area contributed by atoms with Crippen molar-refractivity contribution in [2.45, 2.75) is 26.7 Å². The van der Waals surface area contributed by atoms with Gasteiger partial charge in [0.1, 0.15) is 0 Å². The smallest absolute Gasteiger partial charge is 0.330 e. The molecule has 0 saturated heterocycles. The zero-order chi connectivity index (χ0) is 18.1. The summed E-state index contributed by atoms with van der Waals surface area (Å²) in [6, 6.07) is 15.5. The molecule has 0 radical (unpaired) electrons. The first-order valence-electron chi connectivity index (χ1n) is 8.42. The zero-order valence-corrected chi connectivity index (χ0v) is 14.6. The lowest BCUT2D eigenvalue weighted by Gasteiger charge is -2.13. The third kappa shape index (κ3) is 5.60. The molecule has 0 bridgehead atoms. The lowest BCUT2D eigenvalue weighted by molar-refractivity contribution is -0.137. The molecule has 0 unspecified atom stereocenters. The van der Waals surface area contributed by atoms with Crippen molar-refractivity contribution in [3.8, 4) is 11.1 Å². The molecule has 2 aromatic rings. The third-order valence-electron chi connectivity index (χ3n) is 3.62. The standard InChI is InChI=1S/C21H23NO3/c1-3-4-15-25-20(24)14-13-18-11-8-12-19(21(18)22-16(2)23)17-9-6-5-7-10-17/h5-14H,3-4,15H2,1-2H3,(H,22,23)/b14-13+. The second kappa shape index (κ2) is 9.42. The summed E-state index contributed by atoms with van der Waals surface area (Å²) in [4.78, 5) is 23.4. The number of benzene rings is 2. The van der Waals surface area contributed by atoms with Crippen LogP contribution in [0.3, 0.4) is 0 Å². The Labute approximate surface area is 148 Å². The molecule has 25 heavy (non-hydrogen) atoms. The van der Waals surface area contributed by atoms with Gasteiger partial charge in [0.2, 0.25) is 5.91 Å². The molecule has 0 spiro atoms.